The molecule has 4 aromatic carbocycles. The molecular formula is C38H29N5. The summed E-state index contributed by atoms with van der Waals surface area (Å²) >= 11 is 0. The maximum atomic E-state index is 5.14. The Labute approximate surface area is 250 Å². The van der Waals surface area contributed by atoms with E-state index in [4.69, 9.17) is 15.0 Å². The number of aryl methyl sites for hydroxylation is 1. The van der Waals surface area contributed by atoms with Crippen LogP contribution < -0.4 is 0 Å². The van der Waals surface area contributed by atoms with Crippen molar-refractivity contribution in [2.75, 3.05) is 7.05 Å². The number of hydrogen-bond donors (Lipinski definition) is 0. The second-order valence-corrected chi connectivity index (χ2v) is 11.8. The summed E-state index contributed by atoms with van der Waals surface area (Å²) in [5.41, 5.74) is 12.0. The minimum Gasteiger partial charge on any atom is -0.370 e. The highest BCUT2D eigenvalue weighted by atomic mass is 15.2. The number of aromatic nitrogens is 4. The molecule has 206 valence electrons. The standard InChI is InChI=1S/C38H29N5/c1-42-21-9-17-33(42)36-39-35(40-37(41-36)34-18-10-22-43(34)2)24-19-20-28-27-13-5-8-16-31(27)38(32(28)23-24)29-14-6-3-11-25(29)26-12-4-7-15-30(26)38/h3-17,19-23,34H,18H2,1-2H3. The smallest absolute Gasteiger partial charge is 0.180 e. The van der Waals surface area contributed by atoms with Gasteiger partial charge in [-0.25, -0.2) is 15.0 Å². The molecule has 0 saturated carbocycles. The molecule has 0 bridgehead atoms. The fourth-order valence-corrected chi connectivity index (χ4v) is 7.63. The lowest BCUT2D eigenvalue weighted by Crippen LogP contribution is -2.25. The Morgan fingerprint density at radius 2 is 1.23 bits per heavy atom. The van der Waals surface area contributed by atoms with Gasteiger partial charge in [0.2, 0.25) is 0 Å². The summed E-state index contributed by atoms with van der Waals surface area (Å²) in [5, 5.41) is 0. The zero-order valence-electron chi connectivity index (χ0n) is 24.1. The van der Waals surface area contributed by atoms with E-state index in [2.05, 4.69) is 126 Å². The molecule has 5 heteroatoms. The highest BCUT2D eigenvalue weighted by Crippen LogP contribution is 2.62. The second kappa shape index (κ2) is 8.85. The molecule has 9 rings (SSSR count). The highest BCUT2D eigenvalue weighted by Gasteiger charge is 2.51. The third-order valence-electron chi connectivity index (χ3n) is 9.57. The van der Waals surface area contributed by atoms with E-state index in [0.717, 1.165) is 23.5 Å². The number of fused-ring (bicyclic) bond motifs is 10. The maximum Gasteiger partial charge on any atom is 0.180 e. The molecule has 5 nitrogen and oxygen atoms in total. The monoisotopic (exact) mass is 555 g/mol. The normalized spacial score (nSPS) is 16.8. The van der Waals surface area contributed by atoms with Gasteiger partial charge in [0.05, 0.1) is 17.2 Å². The molecule has 0 saturated heterocycles. The van der Waals surface area contributed by atoms with Crippen LogP contribution in [-0.2, 0) is 12.5 Å². The molecule has 3 heterocycles. The van der Waals surface area contributed by atoms with E-state index in [1.54, 1.807) is 0 Å². The van der Waals surface area contributed by atoms with Crippen LogP contribution in [0.1, 0.15) is 40.5 Å². The number of nitrogens with zero attached hydrogens (tertiary/aromatic N) is 5. The summed E-state index contributed by atoms with van der Waals surface area (Å²) in [4.78, 5) is 17.4. The van der Waals surface area contributed by atoms with Crippen molar-refractivity contribution >= 4 is 0 Å². The van der Waals surface area contributed by atoms with Crippen LogP contribution in [0.4, 0.5) is 0 Å². The van der Waals surface area contributed by atoms with Crippen LogP contribution >= 0.6 is 0 Å². The van der Waals surface area contributed by atoms with Gasteiger partial charge >= 0.3 is 0 Å². The molecule has 1 unspecified atom stereocenters. The van der Waals surface area contributed by atoms with Crippen LogP contribution in [0.5, 0.6) is 0 Å². The summed E-state index contributed by atoms with van der Waals surface area (Å²) in [6.07, 6.45) is 7.21. The Kier molecular flexibility index (Phi) is 5.01. The molecule has 1 atom stereocenters. The first-order chi connectivity index (χ1) is 21.1. The van der Waals surface area contributed by atoms with Crippen molar-refractivity contribution < 1.29 is 0 Å². The van der Waals surface area contributed by atoms with Gasteiger partial charge in [-0.1, -0.05) is 91.0 Å². The van der Waals surface area contributed by atoms with E-state index in [9.17, 15) is 0 Å². The predicted molar refractivity (Wildman–Crippen MR) is 170 cm³/mol. The van der Waals surface area contributed by atoms with Crippen molar-refractivity contribution in [3.05, 3.63) is 150 Å². The molecule has 6 aromatic rings. The lowest BCUT2D eigenvalue weighted by molar-refractivity contribution is 0.352. The average Bonchev–Trinajstić information content (AvgIpc) is 3.82. The SMILES string of the molecule is CN1C=CCC1c1nc(-c2ccc3c(c2)C2(c4ccccc4-c4ccccc42)c2ccccc2-3)nc(-c2cccn2C)n1. The van der Waals surface area contributed by atoms with Crippen LogP contribution in [0, 0.1) is 0 Å². The van der Waals surface area contributed by atoms with Crippen LogP contribution in [0.15, 0.2) is 122 Å². The lowest BCUT2D eigenvalue weighted by Gasteiger charge is -2.30. The van der Waals surface area contributed by atoms with Gasteiger partial charge in [0.1, 0.15) is 0 Å². The zero-order valence-corrected chi connectivity index (χ0v) is 24.1. The summed E-state index contributed by atoms with van der Waals surface area (Å²) in [7, 11) is 4.12. The van der Waals surface area contributed by atoms with Gasteiger partial charge in [-0.3, -0.25) is 0 Å². The summed E-state index contributed by atoms with van der Waals surface area (Å²) in [6, 6.07) is 37.7. The van der Waals surface area contributed by atoms with E-state index >= 15 is 0 Å². The van der Waals surface area contributed by atoms with E-state index in [0.29, 0.717) is 11.6 Å². The van der Waals surface area contributed by atoms with E-state index in [1.807, 2.05) is 19.3 Å². The first kappa shape index (κ1) is 24.3. The molecule has 0 fully saturated rings. The number of hydrogen-bond acceptors (Lipinski definition) is 4. The largest absolute Gasteiger partial charge is 0.370 e. The molecule has 43 heavy (non-hydrogen) atoms. The quantitative estimate of drug-likeness (QED) is 0.223. The van der Waals surface area contributed by atoms with Crippen molar-refractivity contribution in [3.63, 3.8) is 0 Å². The minimum absolute atomic E-state index is 0.0828. The summed E-state index contributed by atoms with van der Waals surface area (Å²) in [5.74, 6) is 2.20. The van der Waals surface area contributed by atoms with Gasteiger partial charge in [0, 0.05) is 25.9 Å². The third kappa shape index (κ3) is 3.25. The molecule has 1 spiro atoms. The predicted octanol–water partition coefficient (Wildman–Crippen LogP) is 7.78. The van der Waals surface area contributed by atoms with E-state index < -0.39 is 5.41 Å². The van der Waals surface area contributed by atoms with Gasteiger partial charge in [-0.05, 0) is 75.3 Å². The minimum atomic E-state index is -0.401. The van der Waals surface area contributed by atoms with Crippen LogP contribution in [-0.4, -0.2) is 31.5 Å². The fourth-order valence-electron chi connectivity index (χ4n) is 7.63. The third-order valence-corrected chi connectivity index (χ3v) is 9.57. The summed E-state index contributed by atoms with van der Waals surface area (Å²) in [6.45, 7) is 0. The molecule has 0 amide bonds. The molecule has 0 radical (unpaired) electrons. The second-order valence-electron chi connectivity index (χ2n) is 11.8. The van der Waals surface area contributed by atoms with Crippen molar-refractivity contribution in [1.82, 2.24) is 24.4 Å². The zero-order chi connectivity index (χ0) is 28.7. The Morgan fingerprint density at radius 1 is 0.628 bits per heavy atom. The van der Waals surface area contributed by atoms with Crippen LogP contribution in [0.2, 0.25) is 0 Å². The number of rotatable bonds is 3. The molecular weight excluding hydrogens is 526 g/mol. The average molecular weight is 556 g/mol. The van der Waals surface area contributed by atoms with Gasteiger partial charge in [-0.15, -0.1) is 0 Å². The highest BCUT2D eigenvalue weighted by molar-refractivity contribution is 5.95. The lowest BCUT2D eigenvalue weighted by atomic mass is 9.70. The Hall–Kier alpha value is -5.29. The Morgan fingerprint density at radius 3 is 1.81 bits per heavy atom. The van der Waals surface area contributed by atoms with Gasteiger partial charge in [-0.2, -0.15) is 0 Å². The van der Waals surface area contributed by atoms with Crippen molar-refractivity contribution in [1.29, 1.82) is 0 Å². The Balaban J connectivity index is 1.31. The van der Waals surface area contributed by atoms with Crippen molar-refractivity contribution in [2.24, 2.45) is 7.05 Å². The topological polar surface area (TPSA) is 46.8 Å². The summed E-state index contributed by atoms with van der Waals surface area (Å²) < 4.78 is 2.07. The van der Waals surface area contributed by atoms with Gasteiger partial charge in [0.15, 0.2) is 17.5 Å². The van der Waals surface area contributed by atoms with E-state index in [1.165, 1.54) is 44.5 Å². The maximum absolute atomic E-state index is 5.14. The first-order valence-electron chi connectivity index (χ1n) is 14.8. The van der Waals surface area contributed by atoms with Crippen molar-refractivity contribution in [2.45, 2.75) is 17.9 Å². The number of benzene rings is 4. The molecule has 2 aromatic heterocycles. The van der Waals surface area contributed by atoms with Crippen LogP contribution in [0.3, 0.4) is 0 Å². The van der Waals surface area contributed by atoms with Gasteiger partial charge < -0.3 is 9.47 Å². The van der Waals surface area contributed by atoms with Gasteiger partial charge in [0.25, 0.3) is 0 Å². The Bertz CT molecular complexity index is 2060. The molecule has 1 aliphatic heterocycles. The van der Waals surface area contributed by atoms with Crippen LogP contribution in [0.25, 0.3) is 45.2 Å². The first-order valence-corrected chi connectivity index (χ1v) is 14.8. The fraction of sp³-hybridized carbons (Fsp3) is 0.132. The van der Waals surface area contributed by atoms with Crippen molar-refractivity contribution in [3.8, 4) is 45.2 Å². The molecule has 2 aliphatic carbocycles. The molecule has 3 aliphatic rings. The van der Waals surface area contributed by atoms with E-state index in [-0.39, 0.29) is 6.04 Å². The molecule has 0 N–H and O–H groups in total.